The van der Waals surface area contributed by atoms with Gasteiger partial charge in [-0.25, -0.2) is 4.79 Å². The topological polar surface area (TPSA) is 104 Å². The number of unbranched alkanes of at least 4 members (excludes halogenated alkanes) is 1. The molecular formula is C15H25N5O2. The van der Waals surface area contributed by atoms with Gasteiger partial charge in [0, 0.05) is 30.9 Å². The maximum Gasteiger partial charge on any atom is 0.312 e. The molecule has 2 atom stereocenters. The predicted octanol–water partition coefficient (Wildman–Crippen LogP) is 1.34. The Morgan fingerprint density at radius 3 is 3.05 bits per heavy atom. The second kappa shape index (κ2) is 7.82. The molecule has 1 aromatic rings. The largest absolute Gasteiger partial charge is 0.352 e. The van der Waals surface area contributed by atoms with Gasteiger partial charge in [-0.2, -0.15) is 5.10 Å². The smallest absolute Gasteiger partial charge is 0.312 e. The molecule has 1 aliphatic rings. The van der Waals surface area contributed by atoms with E-state index >= 15 is 0 Å². The summed E-state index contributed by atoms with van der Waals surface area (Å²) < 4.78 is 0. The highest BCUT2D eigenvalue weighted by Crippen LogP contribution is 2.25. The quantitative estimate of drug-likeness (QED) is 0.738. The van der Waals surface area contributed by atoms with E-state index in [4.69, 9.17) is 5.73 Å². The molecule has 22 heavy (non-hydrogen) atoms. The van der Waals surface area contributed by atoms with Crippen molar-refractivity contribution in [1.82, 2.24) is 20.4 Å². The van der Waals surface area contributed by atoms with Crippen LogP contribution in [0.25, 0.3) is 0 Å². The van der Waals surface area contributed by atoms with Gasteiger partial charge < -0.3 is 16.0 Å². The van der Waals surface area contributed by atoms with E-state index in [1.54, 1.807) is 6.20 Å². The second-order valence-corrected chi connectivity index (χ2v) is 5.84. The van der Waals surface area contributed by atoms with Crippen LogP contribution in [0.2, 0.25) is 0 Å². The van der Waals surface area contributed by atoms with Crippen LogP contribution in [0, 0.1) is 0 Å². The lowest BCUT2D eigenvalue weighted by Crippen LogP contribution is -2.52. The Balaban J connectivity index is 2.00. The van der Waals surface area contributed by atoms with Crippen molar-refractivity contribution in [2.24, 2.45) is 5.73 Å². The lowest BCUT2D eigenvalue weighted by atomic mass is 9.94. The third-order valence-electron chi connectivity index (χ3n) is 4.16. The number of nitrogens with two attached hydrogens (primary N) is 1. The summed E-state index contributed by atoms with van der Waals surface area (Å²) in [5, 5.41) is 9.55. The number of hydrogen-bond acceptors (Lipinski definition) is 3. The molecule has 1 aromatic heterocycles. The van der Waals surface area contributed by atoms with E-state index in [0.29, 0.717) is 13.0 Å². The van der Waals surface area contributed by atoms with Crippen LogP contribution in [0.15, 0.2) is 12.3 Å². The number of amides is 3. The minimum atomic E-state index is -0.642. The highest BCUT2D eigenvalue weighted by atomic mass is 16.2. The third-order valence-corrected chi connectivity index (χ3v) is 4.16. The van der Waals surface area contributed by atoms with Crippen molar-refractivity contribution < 1.29 is 9.59 Å². The van der Waals surface area contributed by atoms with Crippen LogP contribution in [0.5, 0.6) is 0 Å². The first kappa shape index (κ1) is 16.3. The molecule has 7 heteroatoms. The number of piperidine rings is 1. The minimum Gasteiger partial charge on any atom is -0.352 e. The van der Waals surface area contributed by atoms with Crippen LogP contribution in [-0.4, -0.2) is 46.2 Å². The van der Waals surface area contributed by atoms with E-state index in [1.165, 1.54) is 0 Å². The summed E-state index contributed by atoms with van der Waals surface area (Å²) in [4.78, 5) is 25.7. The minimum absolute atomic E-state index is 0.0311. The van der Waals surface area contributed by atoms with Gasteiger partial charge in [0.2, 0.25) is 5.91 Å². The number of nitrogens with zero attached hydrogens (tertiary/aromatic N) is 2. The maximum absolute atomic E-state index is 12.7. The maximum atomic E-state index is 12.7. The van der Waals surface area contributed by atoms with Gasteiger partial charge in [0.05, 0.1) is 0 Å². The van der Waals surface area contributed by atoms with E-state index in [2.05, 4.69) is 22.4 Å². The van der Waals surface area contributed by atoms with Crippen LogP contribution in [0.1, 0.15) is 50.6 Å². The molecule has 0 bridgehead atoms. The summed E-state index contributed by atoms with van der Waals surface area (Å²) in [6.07, 6.45) is 6.20. The lowest BCUT2D eigenvalue weighted by Gasteiger charge is -2.34. The number of carbonyl (C=O) groups excluding carboxylic acids is 2. The Labute approximate surface area is 130 Å². The van der Waals surface area contributed by atoms with Crippen molar-refractivity contribution >= 4 is 11.9 Å². The molecule has 4 N–H and O–H groups in total. The first-order valence-electron chi connectivity index (χ1n) is 7.95. The zero-order valence-electron chi connectivity index (χ0n) is 13.0. The summed E-state index contributed by atoms with van der Waals surface area (Å²) in [5.74, 6) is 0.247. The van der Waals surface area contributed by atoms with Crippen LogP contribution >= 0.6 is 0 Å². The molecule has 0 radical (unpaired) electrons. The molecule has 1 saturated heterocycles. The Morgan fingerprint density at radius 1 is 1.59 bits per heavy atom. The number of rotatable bonds is 6. The highest BCUT2D eigenvalue weighted by molar-refractivity contribution is 5.86. The number of primary amides is 1. The number of carbonyl (C=O) groups is 2. The van der Waals surface area contributed by atoms with Crippen molar-refractivity contribution in [1.29, 1.82) is 0 Å². The monoisotopic (exact) mass is 307 g/mol. The zero-order valence-corrected chi connectivity index (χ0v) is 13.0. The molecule has 122 valence electrons. The third kappa shape index (κ3) is 4.22. The van der Waals surface area contributed by atoms with Gasteiger partial charge in [-0.15, -0.1) is 0 Å². The summed E-state index contributed by atoms with van der Waals surface area (Å²) in [6.45, 7) is 3.44. The van der Waals surface area contributed by atoms with Crippen molar-refractivity contribution in [2.75, 3.05) is 13.1 Å². The molecule has 1 fully saturated rings. The van der Waals surface area contributed by atoms with Gasteiger partial charge >= 0.3 is 6.03 Å². The van der Waals surface area contributed by atoms with Crippen molar-refractivity contribution in [2.45, 2.75) is 51.0 Å². The standard InChI is InChI=1S/C15H25N5O2/c1-2-3-6-13(18-15(16)22)14(21)20-9-4-5-11(10-20)12-7-8-17-19-12/h7-8,11,13H,2-6,9-10H2,1H3,(H,17,19)(H3,16,18,22)/t11-,13+/m1/s1. The zero-order chi connectivity index (χ0) is 15.9. The fourth-order valence-electron chi connectivity index (χ4n) is 2.98. The average molecular weight is 307 g/mol. The van der Waals surface area contributed by atoms with Crippen molar-refractivity contribution in [3.05, 3.63) is 18.0 Å². The highest BCUT2D eigenvalue weighted by Gasteiger charge is 2.30. The van der Waals surface area contributed by atoms with E-state index in [-0.39, 0.29) is 11.8 Å². The first-order valence-corrected chi connectivity index (χ1v) is 7.95. The predicted molar refractivity (Wildman–Crippen MR) is 83.2 cm³/mol. The fourth-order valence-corrected chi connectivity index (χ4v) is 2.98. The molecule has 2 rings (SSSR count). The Bertz CT molecular complexity index is 488. The summed E-state index contributed by atoms with van der Waals surface area (Å²) in [6, 6.07) is 0.795. The SMILES string of the molecule is CCCC[C@H](NC(N)=O)C(=O)N1CCC[C@@H](c2ccn[nH]2)C1. The molecule has 0 saturated carbocycles. The van der Waals surface area contributed by atoms with E-state index in [0.717, 1.165) is 37.9 Å². The summed E-state index contributed by atoms with van der Waals surface area (Å²) in [5.41, 5.74) is 6.26. The van der Waals surface area contributed by atoms with Gasteiger partial charge in [-0.05, 0) is 25.3 Å². The fraction of sp³-hybridized carbons (Fsp3) is 0.667. The molecule has 0 spiro atoms. The number of aromatic amines is 1. The molecule has 7 nitrogen and oxygen atoms in total. The molecule has 2 heterocycles. The number of likely N-dealkylation sites (tertiary alicyclic amines) is 1. The van der Waals surface area contributed by atoms with E-state index in [9.17, 15) is 9.59 Å². The van der Waals surface area contributed by atoms with Gasteiger partial charge in [-0.1, -0.05) is 19.8 Å². The number of H-pyrrole nitrogens is 1. The second-order valence-electron chi connectivity index (χ2n) is 5.84. The molecule has 0 aliphatic carbocycles. The van der Waals surface area contributed by atoms with Gasteiger partial charge in [0.1, 0.15) is 6.04 Å². The van der Waals surface area contributed by atoms with Gasteiger partial charge in [0.25, 0.3) is 0 Å². The van der Waals surface area contributed by atoms with Gasteiger partial charge in [0.15, 0.2) is 0 Å². The number of urea groups is 1. The van der Waals surface area contributed by atoms with Crippen molar-refractivity contribution in [3.8, 4) is 0 Å². The van der Waals surface area contributed by atoms with Crippen LogP contribution < -0.4 is 11.1 Å². The number of aromatic nitrogens is 2. The molecule has 0 aromatic carbocycles. The normalized spacial score (nSPS) is 19.7. The Kier molecular flexibility index (Phi) is 5.80. The molecule has 1 aliphatic heterocycles. The summed E-state index contributed by atoms with van der Waals surface area (Å²) in [7, 11) is 0. The summed E-state index contributed by atoms with van der Waals surface area (Å²) >= 11 is 0. The van der Waals surface area contributed by atoms with Crippen molar-refractivity contribution in [3.63, 3.8) is 0 Å². The molecule has 0 unspecified atom stereocenters. The van der Waals surface area contributed by atoms with Crippen LogP contribution in [-0.2, 0) is 4.79 Å². The molecular weight excluding hydrogens is 282 g/mol. The van der Waals surface area contributed by atoms with Crippen LogP contribution in [0.3, 0.4) is 0 Å². The first-order chi connectivity index (χ1) is 10.6. The van der Waals surface area contributed by atoms with Gasteiger partial charge in [-0.3, -0.25) is 9.89 Å². The lowest BCUT2D eigenvalue weighted by molar-refractivity contribution is -0.134. The Hall–Kier alpha value is -2.05. The van der Waals surface area contributed by atoms with Crippen LogP contribution in [0.4, 0.5) is 4.79 Å². The Morgan fingerprint density at radius 2 is 2.41 bits per heavy atom. The average Bonchev–Trinajstić information content (AvgIpc) is 3.05. The molecule has 3 amide bonds. The number of hydrogen-bond donors (Lipinski definition) is 3. The van der Waals surface area contributed by atoms with E-state index < -0.39 is 12.1 Å². The van der Waals surface area contributed by atoms with E-state index in [1.807, 2.05) is 11.0 Å². The number of nitrogens with one attached hydrogen (secondary N) is 2.